The lowest BCUT2D eigenvalue weighted by atomic mass is 10.1. The van der Waals surface area contributed by atoms with Crippen molar-refractivity contribution in [1.29, 1.82) is 0 Å². The lowest BCUT2D eigenvalue weighted by Crippen LogP contribution is -2.42. The Bertz CT molecular complexity index is 1100. The van der Waals surface area contributed by atoms with Gasteiger partial charge in [0.15, 0.2) is 23.0 Å². The number of rotatable bonds is 7. The van der Waals surface area contributed by atoms with Crippen LogP contribution in [-0.4, -0.2) is 53.1 Å². The molecule has 0 bridgehead atoms. The maximum Gasteiger partial charge on any atom is 0.241 e. The molecule has 2 aromatic rings. The molecule has 0 aliphatic carbocycles. The summed E-state index contributed by atoms with van der Waals surface area (Å²) in [7, 11) is -3.71. The Morgan fingerprint density at radius 2 is 1.50 bits per heavy atom. The van der Waals surface area contributed by atoms with Crippen LogP contribution in [0.25, 0.3) is 0 Å². The van der Waals surface area contributed by atoms with Crippen molar-refractivity contribution in [2.45, 2.75) is 19.9 Å². The largest absolute Gasteiger partial charge is 0.486 e. The van der Waals surface area contributed by atoms with Gasteiger partial charge < -0.3 is 24.3 Å². The Morgan fingerprint density at radius 3 is 2.12 bits per heavy atom. The van der Waals surface area contributed by atoms with E-state index < -0.39 is 15.9 Å². The molecule has 0 saturated heterocycles. The highest BCUT2D eigenvalue weighted by atomic mass is 32.2. The van der Waals surface area contributed by atoms with Gasteiger partial charge in [-0.1, -0.05) is 6.07 Å². The van der Waals surface area contributed by atoms with Gasteiger partial charge in [-0.3, -0.25) is 9.10 Å². The second-order valence-corrected chi connectivity index (χ2v) is 9.61. The summed E-state index contributed by atoms with van der Waals surface area (Å²) >= 11 is 0. The number of hydrogen-bond donors (Lipinski definition) is 1. The first kappa shape index (κ1) is 22.1. The minimum Gasteiger partial charge on any atom is -0.486 e. The molecule has 0 spiro atoms. The summed E-state index contributed by atoms with van der Waals surface area (Å²) in [6.45, 7) is 4.79. The number of fused-ring (bicyclic) bond motifs is 2. The molecule has 0 saturated carbocycles. The zero-order valence-corrected chi connectivity index (χ0v) is 18.8. The van der Waals surface area contributed by atoms with Crippen LogP contribution in [0.15, 0.2) is 36.4 Å². The van der Waals surface area contributed by atoms with Crippen LogP contribution in [0.2, 0.25) is 0 Å². The van der Waals surface area contributed by atoms with Crippen LogP contribution in [0.4, 0.5) is 5.69 Å². The summed E-state index contributed by atoms with van der Waals surface area (Å²) < 4.78 is 48.8. The second kappa shape index (κ2) is 9.15. The molecule has 0 aromatic heterocycles. The number of carbonyl (C=O) groups excluding carboxylic acids is 1. The monoisotopic (exact) mass is 462 g/mol. The van der Waals surface area contributed by atoms with E-state index in [9.17, 15) is 13.2 Å². The van der Waals surface area contributed by atoms with Gasteiger partial charge in [0.05, 0.1) is 17.5 Å². The first-order valence-corrected chi connectivity index (χ1v) is 12.1. The fourth-order valence-corrected chi connectivity index (χ4v) is 4.58. The quantitative estimate of drug-likeness (QED) is 0.673. The van der Waals surface area contributed by atoms with Gasteiger partial charge in [-0.2, -0.15) is 0 Å². The van der Waals surface area contributed by atoms with Gasteiger partial charge in [-0.15, -0.1) is 0 Å². The predicted octanol–water partition coefficient (Wildman–Crippen LogP) is 2.26. The van der Waals surface area contributed by atoms with E-state index >= 15 is 0 Å². The first-order chi connectivity index (χ1) is 15.4. The summed E-state index contributed by atoms with van der Waals surface area (Å²) in [6, 6.07) is 9.95. The smallest absolute Gasteiger partial charge is 0.241 e. The summed E-state index contributed by atoms with van der Waals surface area (Å²) in [4.78, 5) is 12.8. The standard InChI is InChI=1S/C22H26N2O7S/c1-3-32(26,27)24(17-5-7-19-21(13-17)31-11-9-29-19)14-22(25)23-15(2)16-4-6-18-20(12-16)30-10-8-28-18/h4-7,12-13,15H,3,8-11,14H2,1-2H3,(H,23,25)/t15-/m0/s1. The maximum atomic E-state index is 12.8. The zero-order valence-electron chi connectivity index (χ0n) is 18.0. The predicted molar refractivity (Wildman–Crippen MR) is 118 cm³/mol. The number of amides is 1. The van der Waals surface area contributed by atoms with E-state index in [4.69, 9.17) is 18.9 Å². The van der Waals surface area contributed by atoms with Crippen molar-refractivity contribution in [1.82, 2.24) is 5.32 Å². The first-order valence-electron chi connectivity index (χ1n) is 10.5. The van der Waals surface area contributed by atoms with Crippen LogP contribution < -0.4 is 28.6 Å². The summed E-state index contributed by atoms with van der Waals surface area (Å²) in [5.41, 5.74) is 1.17. The second-order valence-electron chi connectivity index (χ2n) is 7.43. The highest BCUT2D eigenvalue weighted by molar-refractivity contribution is 7.92. The molecule has 2 aliphatic rings. The third-order valence-corrected chi connectivity index (χ3v) is 6.99. The molecule has 1 atom stereocenters. The van der Waals surface area contributed by atoms with Crippen LogP contribution in [0, 0.1) is 0 Å². The van der Waals surface area contributed by atoms with E-state index in [1.165, 1.54) is 6.92 Å². The number of nitrogens with zero attached hydrogens (tertiary/aromatic N) is 1. The van der Waals surface area contributed by atoms with Gasteiger partial charge in [0.2, 0.25) is 15.9 Å². The fourth-order valence-electron chi connectivity index (χ4n) is 3.52. The van der Waals surface area contributed by atoms with E-state index in [1.54, 1.807) is 24.3 Å². The molecule has 0 fully saturated rings. The Labute approximate surface area is 187 Å². The number of sulfonamides is 1. The van der Waals surface area contributed by atoms with Crippen LogP contribution >= 0.6 is 0 Å². The van der Waals surface area contributed by atoms with Crippen molar-refractivity contribution in [3.8, 4) is 23.0 Å². The molecule has 32 heavy (non-hydrogen) atoms. The minimum atomic E-state index is -3.71. The van der Waals surface area contributed by atoms with Crippen molar-refractivity contribution in [2.24, 2.45) is 0 Å². The molecule has 9 nitrogen and oxygen atoms in total. The third kappa shape index (κ3) is 4.69. The topological polar surface area (TPSA) is 103 Å². The Morgan fingerprint density at radius 1 is 0.938 bits per heavy atom. The van der Waals surface area contributed by atoms with Crippen molar-refractivity contribution in [3.63, 3.8) is 0 Å². The van der Waals surface area contributed by atoms with Gasteiger partial charge in [-0.05, 0) is 43.7 Å². The fraction of sp³-hybridized carbons (Fsp3) is 0.409. The molecule has 1 N–H and O–H groups in total. The number of benzene rings is 2. The van der Waals surface area contributed by atoms with Crippen molar-refractivity contribution in [2.75, 3.05) is 43.0 Å². The van der Waals surface area contributed by atoms with E-state index in [0.29, 0.717) is 55.1 Å². The van der Waals surface area contributed by atoms with Gasteiger partial charge in [0.1, 0.15) is 33.0 Å². The molecule has 0 radical (unpaired) electrons. The molecule has 0 unspecified atom stereocenters. The van der Waals surface area contributed by atoms with Gasteiger partial charge in [-0.25, -0.2) is 8.42 Å². The van der Waals surface area contributed by atoms with E-state index in [2.05, 4.69) is 5.32 Å². The minimum absolute atomic E-state index is 0.146. The lowest BCUT2D eigenvalue weighted by Gasteiger charge is -2.26. The van der Waals surface area contributed by atoms with Crippen LogP contribution in [-0.2, 0) is 14.8 Å². The lowest BCUT2D eigenvalue weighted by molar-refractivity contribution is -0.120. The Hall–Kier alpha value is -3.14. The molecule has 2 aromatic carbocycles. The molecule has 2 aliphatic heterocycles. The number of nitrogens with one attached hydrogen (secondary N) is 1. The molecule has 172 valence electrons. The van der Waals surface area contributed by atoms with Crippen molar-refractivity contribution in [3.05, 3.63) is 42.0 Å². The highest BCUT2D eigenvalue weighted by Gasteiger charge is 2.26. The average molecular weight is 463 g/mol. The highest BCUT2D eigenvalue weighted by Crippen LogP contribution is 2.35. The van der Waals surface area contributed by atoms with Gasteiger partial charge >= 0.3 is 0 Å². The molecule has 10 heteroatoms. The van der Waals surface area contributed by atoms with Crippen LogP contribution in [0.5, 0.6) is 23.0 Å². The van der Waals surface area contributed by atoms with Gasteiger partial charge in [0, 0.05) is 6.07 Å². The number of hydrogen-bond acceptors (Lipinski definition) is 7. The Balaban J connectivity index is 1.50. The number of carbonyl (C=O) groups is 1. The molecular weight excluding hydrogens is 436 g/mol. The number of anilines is 1. The Kier molecular flexibility index (Phi) is 6.31. The molecule has 2 heterocycles. The molecular formula is C22H26N2O7S. The summed E-state index contributed by atoms with van der Waals surface area (Å²) in [5.74, 6) is 1.71. The SMILES string of the molecule is CCS(=O)(=O)N(CC(=O)N[C@@H](C)c1ccc2c(c1)OCCO2)c1ccc2c(c1)OCCO2. The van der Waals surface area contributed by atoms with Crippen LogP contribution in [0.3, 0.4) is 0 Å². The van der Waals surface area contributed by atoms with Crippen LogP contribution in [0.1, 0.15) is 25.5 Å². The van der Waals surface area contributed by atoms with E-state index in [1.807, 2.05) is 19.1 Å². The summed E-state index contributed by atoms with van der Waals surface area (Å²) in [6.07, 6.45) is 0. The summed E-state index contributed by atoms with van der Waals surface area (Å²) in [5, 5.41) is 2.86. The maximum absolute atomic E-state index is 12.8. The zero-order chi connectivity index (χ0) is 22.7. The van der Waals surface area contributed by atoms with Crippen molar-refractivity contribution >= 4 is 21.6 Å². The van der Waals surface area contributed by atoms with Gasteiger partial charge in [0.25, 0.3) is 0 Å². The average Bonchev–Trinajstić information content (AvgIpc) is 2.81. The number of ether oxygens (including phenoxy) is 4. The van der Waals surface area contributed by atoms with E-state index in [0.717, 1.165) is 9.87 Å². The van der Waals surface area contributed by atoms with E-state index in [-0.39, 0.29) is 18.3 Å². The van der Waals surface area contributed by atoms with Crippen molar-refractivity contribution < 1.29 is 32.2 Å². The molecule has 1 amide bonds. The normalized spacial score (nSPS) is 15.6. The third-order valence-electron chi connectivity index (χ3n) is 5.25. The molecule has 4 rings (SSSR count).